The number of nitrogens with one attached hydrogen (secondary N) is 1. The van der Waals surface area contributed by atoms with Gasteiger partial charge in [-0.05, 0) is 43.2 Å². The lowest BCUT2D eigenvalue weighted by Crippen LogP contribution is -2.43. The number of para-hydroxylation sites is 1. The zero-order chi connectivity index (χ0) is 18.1. The van der Waals surface area contributed by atoms with Gasteiger partial charge in [0.15, 0.2) is 0 Å². The third kappa shape index (κ3) is 3.01. The smallest absolute Gasteiger partial charge is 0.258 e. The standard InChI is InChI=1S/C19H17N3O3S/c23-16-6-2-1-4-13(16)19(25)22-9-3-5-15(22)18(24)21-12-7-8-17-14(10-12)20-11-26-17/h1-2,4,6-8,10-11,15,23H,3,5,9H2,(H,21,24). The third-order valence-electron chi connectivity index (χ3n) is 4.55. The van der Waals surface area contributed by atoms with Crippen LogP contribution in [0.4, 0.5) is 5.69 Å². The summed E-state index contributed by atoms with van der Waals surface area (Å²) < 4.78 is 1.06. The number of carbonyl (C=O) groups excluding carboxylic acids is 2. The number of hydrogen-bond acceptors (Lipinski definition) is 5. The van der Waals surface area contributed by atoms with E-state index in [0.717, 1.165) is 16.6 Å². The predicted molar refractivity (Wildman–Crippen MR) is 100 cm³/mol. The maximum atomic E-state index is 12.8. The molecule has 0 bridgehead atoms. The maximum absolute atomic E-state index is 12.8. The van der Waals surface area contributed by atoms with Gasteiger partial charge in [-0.2, -0.15) is 0 Å². The highest BCUT2D eigenvalue weighted by Crippen LogP contribution is 2.26. The minimum Gasteiger partial charge on any atom is -0.507 e. The summed E-state index contributed by atoms with van der Waals surface area (Å²) in [6, 6.07) is 11.4. The van der Waals surface area contributed by atoms with E-state index in [1.165, 1.54) is 11.0 Å². The Morgan fingerprint density at radius 3 is 2.92 bits per heavy atom. The minimum atomic E-state index is -0.548. The summed E-state index contributed by atoms with van der Waals surface area (Å²) in [5.74, 6) is -0.617. The first-order valence-corrected chi connectivity index (χ1v) is 9.24. The topological polar surface area (TPSA) is 82.5 Å². The van der Waals surface area contributed by atoms with Crippen LogP contribution in [0.2, 0.25) is 0 Å². The van der Waals surface area contributed by atoms with Crippen LogP contribution in [-0.2, 0) is 4.79 Å². The number of anilines is 1. The highest BCUT2D eigenvalue weighted by atomic mass is 32.1. The molecule has 2 aromatic carbocycles. The fourth-order valence-corrected chi connectivity index (χ4v) is 3.91. The molecule has 1 aliphatic heterocycles. The van der Waals surface area contributed by atoms with Crippen LogP contribution >= 0.6 is 11.3 Å². The van der Waals surface area contributed by atoms with Gasteiger partial charge in [-0.25, -0.2) is 4.98 Å². The lowest BCUT2D eigenvalue weighted by molar-refractivity contribution is -0.119. The fraction of sp³-hybridized carbons (Fsp3) is 0.211. The molecule has 1 aromatic heterocycles. The molecule has 2 amide bonds. The quantitative estimate of drug-likeness (QED) is 0.744. The second-order valence-electron chi connectivity index (χ2n) is 6.20. The number of aromatic hydroxyl groups is 1. The van der Waals surface area contributed by atoms with Crippen molar-refractivity contribution in [3.8, 4) is 5.75 Å². The van der Waals surface area contributed by atoms with Crippen LogP contribution in [0.3, 0.4) is 0 Å². The number of amides is 2. The normalized spacial score (nSPS) is 16.8. The highest BCUT2D eigenvalue weighted by molar-refractivity contribution is 7.16. The molecular formula is C19H17N3O3S. The summed E-state index contributed by atoms with van der Waals surface area (Å²) in [5.41, 5.74) is 3.48. The number of fused-ring (bicyclic) bond motifs is 1. The number of phenolic OH excluding ortho intramolecular Hbond substituents is 1. The van der Waals surface area contributed by atoms with Crippen molar-refractivity contribution in [1.82, 2.24) is 9.88 Å². The lowest BCUT2D eigenvalue weighted by atomic mass is 10.1. The number of thiazole rings is 1. The molecule has 2 N–H and O–H groups in total. The molecule has 1 unspecified atom stereocenters. The summed E-state index contributed by atoms with van der Waals surface area (Å²) in [6.45, 7) is 0.496. The van der Waals surface area contributed by atoms with E-state index in [0.29, 0.717) is 18.7 Å². The fourth-order valence-electron chi connectivity index (χ4n) is 3.25. The largest absolute Gasteiger partial charge is 0.507 e. The Morgan fingerprint density at radius 2 is 2.08 bits per heavy atom. The number of benzene rings is 2. The molecule has 1 atom stereocenters. The van der Waals surface area contributed by atoms with Gasteiger partial charge in [0.1, 0.15) is 11.8 Å². The van der Waals surface area contributed by atoms with E-state index in [-0.39, 0.29) is 23.1 Å². The van der Waals surface area contributed by atoms with E-state index in [1.54, 1.807) is 35.0 Å². The Balaban J connectivity index is 1.53. The number of hydrogen-bond donors (Lipinski definition) is 2. The van der Waals surface area contributed by atoms with E-state index in [9.17, 15) is 14.7 Å². The summed E-state index contributed by atoms with van der Waals surface area (Å²) >= 11 is 1.54. The van der Waals surface area contributed by atoms with Gasteiger partial charge in [0.25, 0.3) is 5.91 Å². The van der Waals surface area contributed by atoms with Crippen molar-refractivity contribution in [3.05, 3.63) is 53.5 Å². The van der Waals surface area contributed by atoms with Gasteiger partial charge in [-0.1, -0.05) is 12.1 Å². The molecular weight excluding hydrogens is 350 g/mol. The van der Waals surface area contributed by atoms with Crippen molar-refractivity contribution in [2.24, 2.45) is 0 Å². The maximum Gasteiger partial charge on any atom is 0.258 e. The molecule has 1 saturated heterocycles. The summed E-state index contributed by atoms with van der Waals surface area (Å²) in [6.07, 6.45) is 1.35. The van der Waals surface area contributed by atoms with Gasteiger partial charge in [-0.3, -0.25) is 9.59 Å². The Morgan fingerprint density at radius 1 is 1.23 bits per heavy atom. The lowest BCUT2D eigenvalue weighted by Gasteiger charge is -2.24. The Hall–Kier alpha value is -2.93. The van der Waals surface area contributed by atoms with Gasteiger partial charge < -0.3 is 15.3 Å². The number of likely N-dealkylation sites (tertiary alicyclic amines) is 1. The molecule has 0 radical (unpaired) electrons. The number of aromatic nitrogens is 1. The summed E-state index contributed by atoms with van der Waals surface area (Å²) in [5, 5.41) is 12.8. The summed E-state index contributed by atoms with van der Waals surface area (Å²) in [4.78, 5) is 31.3. The number of rotatable bonds is 3. The number of nitrogens with zero attached hydrogens (tertiary/aromatic N) is 2. The second kappa shape index (κ2) is 6.76. The highest BCUT2D eigenvalue weighted by Gasteiger charge is 2.35. The van der Waals surface area contributed by atoms with Crippen LogP contribution in [0, 0.1) is 0 Å². The predicted octanol–water partition coefficient (Wildman–Crippen LogP) is 3.25. The Labute approximate surface area is 154 Å². The Bertz CT molecular complexity index is 985. The number of carbonyl (C=O) groups is 2. The molecule has 132 valence electrons. The van der Waals surface area contributed by atoms with Crippen molar-refractivity contribution in [2.45, 2.75) is 18.9 Å². The molecule has 4 rings (SSSR count). The Kier molecular flexibility index (Phi) is 4.30. The molecule has 7 heteroatoms. The average molecular weight is 367 g/mol. The SMILES string of the molecule is O=C(Nc1ccc2scnc2c1)C1CCCN1C(=O)c1ccccc1O. The molecule has 1 fully saturated rings. The van der Waals surface area contributed by atoms with Gasteiger partial charge in [0, 0.05) is 12.2 Å². The molecule has 2 heterocycles. The van der Waals surface area contributed by atoms with Crippen LogP contribution in [0.15, 0.2) is 48.0 Å². The van der Waals surface area contributed by atoms with Crippen molar-refractivity contribution in [3.63, 3.8) is 0 Å². The first-order chi connectivity index (χ1) is 12.6. The van der Waals surface area contributed by atoms with Crippen molar-refractivity contribution < 1.29 is 14.7 Å². The zero-order valence-electron chi connectivity index (χ0n) is 13.9. The molecule has 0 saturated carbocycles. The van der Waals surface area contributed by atoms with Crippen molar-refractivity contribution in [1.29, 1.82) is 0 Å². The molecule has 3 aromatic rings. The number of phenols is 1. The average Bonchev–Trinajstić information content (AvgIpc) is 3.30. The zero-order valence-corrected chi connectivity index (χ0v) is 14.7. The van der Waals surface area contributed by atoms with Crippen LogP contribution in [-0.4, -0.2) is 39.4 Å². The van der Waals surface area contributed by atoms with Crippen LogP contribution in [0.25, 0.3) is 10.2 Å². The molecule has 0 spiro atoms. The van der Waals surface area contributed by atoms with E-state index in [4.69, 9.17) is 0 Å². The van der Waals surface area contributed by atoms with Gasteiger partial charge in [0.2, 0.25) is 5.91 Å². The van der Waals surface area contributed by atoms with Crippen molar-refractivity contribution >= 4 is 39.1 Å². The van der Waals surface area contributed by atoms with Crippen LogP contribution < -0.4 is 5.32 Å². The van der Waals surface area contributed by atoms with Gasteiger partial charge >= 0.3 is 0 Å². The van der Waals surface area contributed by atoms with Gasteiger partial charge in [-0.15, -0.1) is 11.3 Å². The van der Waals surface area contributed by atoms with E-state index in [1.807, 2.05) is 18.2 Å². The first-order valence-electron chi connectivity index (χ1n) is 8.36. The van der Waals surface area contributed by atoms with Crippen molar-refractivity contribution in [2.75, 3.05) is 11.9 Å². The molecule has 26 heavy (non-hydrogen) atoms. The molecule has 6 nitrogen and oxygen atoms in total. The van der Waals surface area contributed by atoms with Crippen LogP contribution in [0.5, 0.6) is 5.75 Å². The van der Waals surface area contributed by atoms with Gasteiger partial charge in [0.05, 0.1) is 21.3 Å². The van der Waals surface area contributed by atoms with E-state index in [2.05, 4.69) is 10.3 Å². The van der Waals surface area contributed by atoms with E-state index < -0.39 is 6.04 Å². The second-order valence-corrected chi connectivity index (χ2v) is 7.08. The molecule has 0 aliphatic carbocycles. The van der Waals surface area contributed by atoms with E-state index >= 15 is 0 Å². The first kappa shape index (κ1) is 16.5. The monoisotopic (exact) mass is 367 g/mol. The molecule has 1 aliphatic rings. The van der Waals surface area contributed by atoms with Crippen LogP contribution in [0.1, 0.15) is 23.2 Å². The minimum absolute atomic E-state index is 0.0717. The summed E-state index contributed by atoms with van der Waals surface area (Å²) in [7, 11) is 0. The third-order valence-corrected chi connectivity index (χ3v) is 5.36.